The van der Waals surface area contributed by atoms with Crippen LogP contribution in [0.5, 0.6) is 0 Å². The lowest BCUT2D eigenvalue weighted by Crippen LogP contribution is -2.49. The number of aliphatic imine (C=N–C) groups is 1. The van der Waals surface area contributed by atoms with Crippen LogP contribution in [0.15, 0.2) is 107 Å². The van der Waals surface area contributed by atoms with Crippen LogP contribution < -0.4 is 17.2 Å². The average Bonchev–Trinajstić information content (AvgIpc) is 3.61. The fourth-order valence-corrected chi connectivity index (χ4v) is 11.5. The van der Waals surface area contributed by atoms with E-state index in [1.807, 2.05) is 30.5 Å². The van der Waals surface area contributed by atoms with Gasteiger partial charge in [0, 0.05) is 78.4 Å². The quantitative estimate of drug-likeness (QED) is 0.110. The number of H-pyrrole nitrogens is 1. The van der Waals surface area contributed by atoms with Crippen molar-refractivity contribution in [2.75, 3.05) is 32.6 Å². The Kier molecular flexibility index (Phi) is 11.4. The molecule has 1 unspecified atom stereocenters. The lowest BCUT2D eigenvalue weighted by molar-refractivity contribution is 0.0697. The molecule has 5 heterocycles. The predicted molar refractivity (Wildman–Crippen MR) is 248 cm³/mol. The number of nitrogens with two attached hydrogens (primary N) is 1. The first-order chi connectivity index (χ1) is 31.1. The molecule has 18 heteroatoms. The number of ether oxygens (including phenoxy) is 1. The number of carbonyl (C=O) groups excluding carboxylic acids is 1. The molecule has 3 N–H and O–H groups in total. The molecular weight excluding hydrogens is 873 g/mol. The predicted octanol–water partition coefficient (Wildman–Crippen LogP) is 7.56. The van der Waals surface area contributed by atoms with Crippen LogP contribution in [0.25, 0.3) is 16.6 Å². The number of carbonyl (C=O) groups is 1. The molecule has 1 amide bonds. The highest BCUT2D eigenvalue weighted by Crippen LogP contribution is 2.56. The summed E-state index contributed by atoms with van der Waals surface area (Å²) in [7, 11) is -1.20. The van der Waals surface area contributed by atoms with Crippen molar-refractivity contribution in [1.29, 1.82) is 0 Å². The second kappa shape index (κ2) is 16.7. The Labute approximate surface area is 379 Å². The molecule has 0 spiro atoms. The van der Waals surface area contributed by atoms with Gasteiger partial charge in [0.1, 0.15) is 22.9 Å². The number of amides is 1. The topological polar surface area (TPSA) is 188 Å². The molecule has 9 rings (SSSR count). The third-order valence-electron chi connectivity index (χ3n) is 13.5. The summed E-state index contributed by atoms with van der Waals surface area (Å²) in [5.74, 6) is -0.294. The molecule has 1 saturated carbocycles. The van der Waals surface area contributed by atoms with Crippen LogP contribution in [0.2, 0.25) is 5.02 Å². The molecule has 1 aliphatic carbocycles. The second-order valence-electron chi connectivity index (χ2n) is 17.3. The Hall–Kier alpha value is -6.04. The molecule has 2 fully saturated rings. The Morgan fingerprint density at radius 1 is 1.06 bits per heavy atom. The van der Waals surface area contributed by atoms with E-state index in [9.17, 15) is 18.2 Å². The average molecular weight is 924 g/mol. The van der Waals surface area contributed by atoms with Crippen LogP contribution in [0.1, 0.15) is 85.4 Å². The first-order valence-corrected chi connectivity index (χ1v) is 23.8. The SMILES string of the molecule is CCS(=O)(=NC)c1ccc(-n2ccn(C(=Nc3cc(C)c(F)c(C)c3)C3=C(N)CCN(C(=O)c4cc5cc(C6CCOCC6)ccc5n4[C@@]4(c5noc(=O)[nH]5)C[C@@H]4C)[C@H]3C)c2=O)c(Cl)c1. The standard InChI is InChI=1S/C47H51ClFN9O6S/c1-7-65(62,51-6)34-9-11-38(35(48)24-34)56-16-17-57(46(56)61)42(52-33-20-26(2)41(49)27(3)21-33)40-29(5)55(15-12-36(40)50)43(59)39-23-32-22-31(30-13-18-63-19-14-30)8-10-37(32)58(39)47(25-28(47)4)44-53-45(60)64-54-44/h8-11,16-17,20-24,28-30H,7,12-15,18-19,25,50H2,1-6H3,(H,53,54,60)/t28-,29-,47-,65?/m0/s1. The Morgan fingerprint density at radius 3 is 2.42 bits per heavy atom. The van der Waals surface area contributed by atoms with Gasteiger partial charge in [-0.25, -0.2) is 27.5 Å². The van der Waals surface area contributed by atoms with E-state index in [-0.39, 0.29) is 47.2 Å². The zero-order valence-electron chi connectivity index (χ0n) is 37.1. The summed E-state index contributed by atoms with van der Waals surface area (Å²) < 4.78 is 47.9. The number of hydrogen-bond donors (Lipinski definition) is 2. The molecule has 0 bridgehead atoms. The number of nitrogens with zero attached hydrogens (tertiary/aromatic N) is 7. The number of hydrogen-bond acceptors (Lipinski definition) is 10. The maximum Gasteiger partial charge on any atom is 0.438 e. The monoisotopic (exact) mass is 923 g/mol. The highest BCUT2D eigenvalue weighted by atomic mass is 35.5. The lowest BCUT2D eigenvalue weighted by Gasteiger charge is -2.37. The highest BCUT2D eigenvalue weighted by molar-refractivity contribution is 7.93. The molecule has 340 valence electrons. The number of aromatic amines is 1. The van der Waals surface area contributed by atoms with Gasteiger partial charge in [-0.1, -0.05) is 36.7 Å². The highest BCUT2D eigenvalue weighted by Gasteiger charge is 2.59. The van der Waals surface area contributed by atoms with Crippen molar-refractivity contribution in [3.63, 3.8) is 0 Å². The van der Waals surface area contributed by atoms with Crippen molar-refractivity contribution < 1.29 is 22.7 Å². The minimum Gasteiger partial charge on any atom is -0.402 e. The second-order valence-corrected chi connectivity index (χ2v) is 20.4. The number of imidazole rings is 1. The van der Waals surface area contributed by atoms with Crippen LogP contribution >= 0.6 is 11.6 Å². The summed E-state index contributed by atoms with van der Waals surface area (Å²) in [6, 6.07) is 15.5. The smallest absolute Gasteiger partial charge is 0.402 e. The summed E-state index contributed by atoms with van der Waals surface area (Å²) in [6.45, 7) is 10.6. The normalized spacial score (nSPS) is 21.5. The van der Waals surface area contributed by atoms with E-state index in [0.29, 0.717) is 75.7 Å². The fraction of sp³-hybridized carbons (Fsp3) is 0.383. The molecule has 4 atom stereocenters. The Bertz CT molecular complexity index is 3190. The number of fused-ring (bicyclic) bond motifs is 1. The van der Waals surface area contributed by atoms with Crippen LogP contribution in [-0.4, -0.2) is 83.3 Å². The van der Waals surface area contributed by atoms with Crippen molar-refractivity contribution in [3.8, 4) is 5.69 Å². The molecule has 6 aromatic rings. The zero-order valence-corrected chi connectivity index (χ0v) is 38.6. The zero-order chi connectivity index (χ0) is 46.1. The molecule has 0 radical (unpaired) electrons. The molecule has 1 saturated heterocycles. The maximum absolute atomic E-state index is 15.4. The molecule has 3 aliphatic rings. The first kappa shape index (κ1) is 44.2. The summed E-state index contributed by atoms with van der Waals surface area (Å²) >= 11 is 6.80. The maximum atomic E-state index is 15.4. The van der Waals surface area contributed by atoms with Gasteiger partial charge < -0.3 is 19.9 Å². The summed E-state index contributed by atoms with van der Waals surface area (Å²) in [4.78, 5) is 52.5. The number of halogens is 2. The van der Waals surface area contributed by atoms with Gasteiger partial charge in [-0.05, 0) is 117 Å². The Balaban J connectivity index is 1.17. The van der Waals surface area contributed by atoms with Gasteiger partial charge >= 0.3 is 11.4 Å². The van der Waals surface area contributed by atoms with Crippen LogP contribution in [0, 0.1) is 25.6 Å². The molecular formula is C47H51ClFN9O6S. The van der Waals surface area contributed by atoms with Crippen molar-refractivity contribution in [2.24, 2.45) is 21.0 Å². The number of nitrogens with one attached hydrogen (secondary N) is 1. The van der Waals surface area contributed by atoms with Crippen LogP contribution in [0.4, 0.5) is 10.1 Å². The van der Waals surface area contributed by atoms with E-state index in [0.717, 1.165) is 29.3 Å². The van der Waals surface area contributed by atoms with Gasteiger partial charge in [0.2, 0.25) is 0 Å². The lowest BCUT2D eigenvalue weighted by atomic mass is 9.91. The van der Waals surface area contributed by atoms with E-state index >= 15 is 4.79 Å². The molecule has 2 aliphatic heterocycles. The van der Waals surface area contributed by atoms with Gasteiger partial charge in [0.25, 0.3) is 5.91 Å². The van der Waals surface area contributed by atoms with Crippen LogP contribution in [-0.2, 0) is 20.0 Å². The van der Waals surface area contributed by atoms with Gasteiger partial charge in [-0.2, -0.15) is 0 Å². The van der Waals surface area contributed by atoms with E-state index in [4.69, 9.17) is 31.6 Å². The van der Waals surface area contributed by atoms with Crippen LogP contribution in [0.3, 0.4) is 0 Å². The van der Waals surface area contributed by atoms with Gasteiger partial charge in [-0.3, -0.25) is 23.4 Å². The van der Waals surface area contributed by atoms with Crippen molar-refractivity contribution in [2.45, 2.75) is 82.7 Å². The van der Waals surface area contributed by atoms with Gasteiger partial charge in [0.15, 0.2) is 5.82 Å². The number of aryl methyl sites for hydroxylation is 2. The third kappa shape index (κ3) is 7.46. The minimum atomic E-state index is -2.70. The van der Waals surface area contributed by atoms with E-state index < -0.39 is 32.8 Å². The third-order valence-corrected chi connectivity index (χ3v) is 16.2. The van der Waals surface area contributed by atoms with E-state index in [1.54, 1.807) is 68.4 Å². The summed E-state index contributed by atoms with van der Waals surface area (Å²) in [5, 5.41) is 5.21. The number of benzene rings is 3. The number of aromatic nitrogens is 5. The molecule has 15 nitrogen and oxygen atoms in total. The van der Waals surface area contributed by atoms with Crippen molar-refractivity contribution >= 4 is 49.7 Å². The number of rotatable bonds is 9. The largest absolute Gasteiger partial charge is 0.438 e. The Morgan fingerprint density at radius 2 is 1.78 bits per heavy atom. The first-order valence-electron chi connectivity index (χ1n) is 21.8. The summed E-state index contributed by atoms with van der Waals surface area (Å²) in [5.41, 5.74) is 10.2. The molecule has 65 heavy (non-hydrogen) atoms. The minimum absolute atomic E-state index is 0.00943. The summed E-state index contributed by atoms with van der Waals surface area (Å²) in [6.07, 6.45) is 5.73. The molecule has 3 aromatic heterocycles. The van der Waals surface area contributed by atoms with E-state index in [1.165, 1.54) is 16.2 Å². The van der Waals surface area contributed by atoms with E-state index in [2.05, 4.69) is 26.6 Å². The van der Waals surface area contributed by atoms with Gasteiger partial charge in [-0.15, -0.1) is 0 Å². The van der Waals surface area contributed by atoms with Crippen molar-refractivity contribution in [1.82, 2.24) is 28.7 Å². The molecule has 3 aromatic carbocycles. The van der Waals surface area contributed by atoms with Gasteiger partial charge in [0.05, 0.1) is 32.2 Å². The van der Waals surface area contributed by atoms with Crippen molar-refractivity contribution in [3.05, 3.63) is 138 Å². The fourth-order valence-electron chi connectivity index (χ4n) is 9.78.